The summed E-state index contributed by atoms with van der Waals surface area (Å²) in [5.74, 6) is -3.17. The van der Waals surface area contributed by atoms with E-state index in [4.69, 9.17) is 9.26 Å². The lowest BCUT2D eigenvalue weighted by molar-refractivity contribution is -0.143. The van der Waals surface area contributed by atoms with E-state index in [9.17, 15) is 28.8 Å². The van der Waals surface area contributed by atoms with Gasteiger partial charge in [0.2, 0.25) is 23.6 Å². The minimum Gasteiger partial charge on any atom is -0.466 e. The number of hydrogen-bond donors (Lipinski definition) is 6. The number of carbonyl (C=O) groups is 6. The second kappa shape index (κ2) is 17.8. The van der Waals surface area contributed by atoms with Crippen LogP contribution in [0.5, 0.6) is 0 Å². The summed E-state index contributed by atoms with van der Waals surface area (Å²) in [6.45, 7) is 12.8. The first-order chi connectivity index (χ1) is 21.1. The molecule has 1 saturated heterocycles. The third-order valence-corrected chi connectivity index (χ3v) is 7.91. The molecule has 0 bridgehead atoms. The third-order valence-electron chi connectivity index (χ3n) is 7.36. The number of amides is 5. The van der Waals surface area contributed by atoms with Crippen LogP contribution in [0.1, 0.15) is 83.5 Å². The van der Waals surface area contributed by atoms with Crippen LogP contribution in [-0.2, 0) is 28.7 Å². The molecular weight excluding hydrogens is 604 g/mol. The second-order valence-electron chi connectivity index (χ2n) is 12.1. The fraction of sp³-hybridized carbons (Fsp3) is 0.700. The van der Waals surface area contributed by atoms with Gasteiger partial charge in [0.05, 0.1) is 13.0 Å². The highest BCUT2D eigenvalue weighted by atomic mass is 32.1. The van der Waals surface area contributed by atoms with E-state index in [2.05, 4.69) is 44.4 Å². The zero-order valence-corrected chi connectivity index (χ0v) is 28.0. The number of aromatic nitrogens is 1. The first kappa shape index (κ1) is 37.6. The Morgan fingerprint density at radius 1 is 1.04 bits per heavy atom. The van der Waals surface area contributed by atoms with Gasteiger partial charge in [0.25, 0.3) is 5.91 Å². The molecule has 14 nitrogen and oxygen atoms in total. The van der Waals surface area contributed by atoms with Crippen LogP contribution < -0.4 is 26.6 Å². The highest BCUT2D eigenvalue weighted by Crippen LogP contribution is 2.22. The summed E-state index contributed by atoms with van der Waals surface area (Å²) < 4.78 is 9.95. The fourth-order valence-electron chi connectivity index (χ4n) is 4.89. The number of ether oxygens (including phenoxy) is 1. The van der Waals surface area contributed by atoms with E-state index in [-0.39, 0.29) is 55.2 Å². The molecular formula is C30H48N6O8S. The van der Waals surface area contributed by atoms with Crippen molar-refractivity contribution in [3.05, 3.63) is 17.5 Å². The van der Waals surface area contributed by atoms with Gasteiger partial charge in [0, 0.05) is 29.8 Å². The molecule has 0 unspecified atom stereocenters. The zero-order valence-electron chi connectivity index (χ0n) is 27.1. The molecule has 0 aliphatic carbocycles. The lowest BCUT2D eigenvalue weighted by Gasteiger charge is -2.30. The zero-order chi connectivity index (χ0) is 33.8. The van der Waals surface area contributed by atoms with Crippen molar-refractivity contribution in [3.8, 4) is 0 Å². The van der Waals surface area contributed by atoms with Gasteiger partial charge in [-0.05, 0) is 51.9 Å². The van der Waals surface area contributed by atoms with Crippen molar-refractivity contribution < 1.29 is 38.0 Å². The van der Waals surface area contributed by atoms with Crippen molar-refractivity contribution in [2.24, 2.45) is 17.8 Å². The van der Waals surface area contributed by atoms with Gasteiger partial charge < -0.3 is 35.8 Å². The van der Waals surface area contributed by atoms with Crippen molar-refractivity contribution in [1.82, 2.24) is 31.7 Å². The summed E-state index contributed by atoms with van der Waals surface area (Å²) in [6.07, 6.45) is 1.05. The molecule has 5 amide bonds. The minimum absolute atomic E-state index is 0.00827. The van der Waals surface area contributed by atoms with Crippen LogP contribution in [0.25, 0.3) is 0 Å². The number of nitrogens with one attached hydrogen (secondary N) is 5. The molecule has 15 heteroatoms. The van der Waals surface area contributed by atoms with E-state index >= 15 is 0 Å². The van der Waals surface area contributed by atoms with E-state index < -0.39 is 59.0 Å². The Bertz CT molecular complexity index is 1200. The molecule has 0 aromatic carbocycles. The number of carbonyl (C=O) groups excluding carboxylic acids is 6. The Labute approximate surface area is 269 Å². The Balaban J connectivity index is 2.15. The lowest BCUT2D eigenvalue weighted by atomic mass is 9.94. The quantitative estimate of drug-likeness (QED) is 0.105. The van der Waals surface area contributed by atoms with Crippen molar-refractivity contribution in [3.63, 3.8) is 0 Å². The van der Waals surface area contributed by atoms with Crippen LogP contribution in [0.3, 0.4) is 0 Å². The maximum Gasteiger partial charge on any atom is 0.306 e. The summed E-state index contributed by atoms with van der Waals surface area (Å²) >= 11 is 4.59. The fourth-order valence-corrected chi connectivity index (χ4v) is 5.24. The first-order valence-electron chi connectivity index (χ1n) is 15.4. The van der Waals surface area contributed by atoms with Crippen LogP contribution in [0.2, 0.25) is 0 Å². The molecule has 0 spiro atoms. The second-order valence-corrected chi connectivity index (χ2v) is 12.8. The van der Waals surface area contributed by atoms with Crippen LogP contribution in [0.15, 0.2) is 10.6 Å². The smallest absolute Gasteiger partial charge is 0.306 e. The summed E-state index contributed by atoms with van der Waals surface area (Å²) in [7, 11) is 0. The van der Waals surface area contributed by atoms with Gasteiger partial charge >= 0.3 is 5.97 Å². The maximum atomic E-state index is 13.7. The molecule has 6 atom stereocenters. The van der Waals surface area contributed by atoms with Gasteiger partial charge in [-0.1, -0.05) is 32.9 Å². The Hall–Kier alpha value is -3.62. The molecule has 1 aromatic rings. The molecule has 252 valence electrons. The molecule has 1 aromatic heterocycles. The van der Waals surface area contributed by atoms with Gasteiger partial charge in [0.15, 0.2) is 5.69 Å². The lowest BCUT2D eigenvalue weighted by Crippen LogP contribution is -2.59. The van der Waals surface area contributed by atoms with Crippen LogP contribution >= 0.6 is 12.6 Å². The Morgan fingerprint density at radius 3 is 2.27 bits per heavy atom. The summed E-state index contributed by atoms with van der Waals surface area (Å²) in [5, 5.41) is 16.7. The third kappa shape index (κ3) is 12.0. The van der Waals surface area contributed by atoms with Crippen LogP contribution in [0, 0.1) is 24.7 Å². The summed E-state index contributed by atoms with van der Waals surface area (Å²) in [5.41, 5.74) is 0.0189. The average Bonchev–Trinajstić information content (AvgIpc) is 3.57. The highest BCUT2D eigenvalue weighted by Gasteiger charge is 2.35. The van der Waals surface area contributed by atoms with Gasteiger partial charge in [-0.25, -0.2) is 0 Å². The van der Waals surface area contributed by atoms with E-state index in [1.165, 1.54) is 13.0 Å². The standard InChI is InChI=1S/C30H48N6O8S/c1-8-43-24(37)14-23(45)20(13-19-9-10-31-27(19)39)33-28(40)21(11-15(2)3)34-30(42)25(16(4)5)35-26(38)18(7)32-29(41)22-12-17(6)44-36-22/h12,15-16,18-21,23,25,45H,8-11,13-14H2,1-7H3,(H,31,39)(H,32,41)(H,33,40)(H,34,42)(H,35,38)/t18-,19-,20-,21-,23-,25-/m0/s1. The first-order valence-corrected chi connectivity index (χ1v) is 15.9. The molecule has 1 aliphatic heterocycles. The Morgan fingerprint density at radius 2 is 1.73 bits per heavy atom. The van der Waals surface area contributed by atoms with Crippen molar-refractivity contribution in [2.45, 2.75) is 104 Å². The van der Waals surface area contributed by atoms with Gasteiger partial charge in [-0.3, -0.25) is 28.8 Å². The van der Waals surface area contributed by atoms with E-state index in [0.717, 1.165) is 0 Å². The monoisotopic (exact) mass is 652 g/mol. The summed E-state index contributed by atoms with van der Waals surface area (Å²) in [4.78, 5) is 77.0. The van der Waals surface area contributed by atoms with Crippen molar-refractivity contribution in [1.29, 1.82) is 0 Å². The number of rotatable bonds is 17. The molecule has 0 radical (unpaired) electrons. The molecule has 5 N–H and O–H groups in total. The average molecular weight is 653 g/mol. The molecule has 1 aliphatic rings. The van der Waals surface area contributed by atoms with E-state index in [1.807, 2.05) is 13.8 Å². The highest BCUT2D eigenvalue weighted by molar-refractivity contribution is 7.81. The van der Waals surface area contributed by atoms with E-state index in [1.54, 1.807) is 27.7 Å². The minimum atomic E-state index is -1.02. The van der Waals surface area contributed by atoms with Gasteiger partial charge in [-0.2, -0.15) is 12.6 Å². The van der Waals surface area contributed by atoms with Crippen LogP contribution in [-0.4, -0.2) is 83.2 Å². The number of hydrogen-bond acceptors (Lipinski definition) is 10. The van der Waals surface area contributed by atoms with Crippen LogP contribution in [0.4, 0.5) is 0 Å². The van der Waals surface area contributed by atoms with Gasteiger partial charge in [-0.15, -0.1) is 0 Å². The molecule has 45 heavy (non-hydrogen) atoms. The molecule has 2 heterocycles. The Kier molecular flexibility index (Phi) is 14.8. The van der Waals surface area contributed by atoms with Gasteiger partial charge in [0.1, 0.15) is 23.9 Å². The number of esters is 1. The molecule has 1 fully saturated rings. The van der Waals surface area contributed by atoms with E-state index in [0.29, 0.717) is 18.7 Å². The number of aryl methyl sites for hydroxylation is 1. The SMILES string of the molecule is CCOC(=O)C[C@H](S)[C@H](C[C@@H]1CCNC1=O)NC(=O)[C@H](CC(C)C)NC(=O)[C@@H](NC(=O)[C@H](C)NC(=O)c1cc(C)on1)C(C)C. The topological polar surface area (TPSA) is 198 Å². The number of thiol groups is 1. The van der Waals surface area contributed by atoms with Crippen molar-refractivity contribution in [2.75, 3.05) is 13.2 Å². The summed E-state index contributed by atoms with van der Waals surface area (Å²) in [6, 6.07) is -2.23. The largest absolute Gasteiger partial charge is 0.466 e. The number of nitrogens with zero attached hydrogens (tertiary/aromatic N) is 1. The predicted octanol–water partition coefficient (Wildman–Crippen LogP) is 1.04. The molecule has 0 saturated carbocycles. The molecule has 2 rings (SSSR count). The predicted molar refractivity (Wildman–Crippen MR) is 168 cm³/mol. The van der Waals surface area contributed by atoms with Crippen molar-refractivity contribution >= 4 is 48.1 Å². The normalized spacial score (nSPS) is 17.9. The maximum absolute atomic E-state index is 13.7.